The fourth-order valence-corrected chi connectivity index (χ4v) is 1.53. The Kier molecular flexibility index (Phi) is 8.07. The number of ether oxygens (including phenoxy) is 2. The van der Waals surface area contributed by atoms with Crippen LogP contribution in [0.3, 0.4) is 0 Å². The molecule has 0 fully saturated rings. The molecule has 1 rings (SSSR count). The number of rotatable bonds is 10. The van der Waals surface area contributed by atoms with E-state index in [0.717, 1.165) is 18.7 Å². The summed E-state index contributed by atoms with van der Waals surface area (Å²) in [4.78, 5) is 4.23. The van der Waals surface area contributed by atoms with Crippen molar-refractivity contribution in [1.29, 1.82) is 0 Å². The van der Waals surface area contributed by atoms with Crippen molar-refractivity contribution in [3.8, 4) is 5.75 Å². The maximum Gasteiger partial charge on any atom is 0.411 e. The van der Waals surface area contributed by atoms with E-state index in [1.54, 1.807) is 12.3 Å². The first-order valence-corrected chi connectivity index (χ1v) is 6.94. The average Bonchev–Trinajstić information content (AvgIpc) is 2.43. The molecule has 1 aromatic rings. The summed E-state index contributed by atoms with van der Waals surface area (Å²) in [6.45, 7) is 2.85. The molecule has 0 radical (unpaired) electrons. The van der Waals surface area contributed by atoms with Crippen LogP contribution < -0.4 is 10.1 Å². The topological polar surface area (TPSA) is 43.4 Å². The third kappa shape index (κ3) is 9.25. The lowest BCUT2D eigenvalue weighted by molar-refractivity contribution is -0.174. The zero-order chi connectivity index (χ0) is 15.6. The summed E-state index contributed by atoms with van der Waals surface area (Å²) in [5.41, 5.74) is 0.921. The normalized spacial score (nSPS) is 11.6. The first-order chi connectivity index (χ1) is 10.0. The van der Waals surface area contributed by atoms with Gasteiger partial charge >= 0.3 is 6.18 Å². The highest BCUT2D eigenvalue weighted by atomic mass is 19.4. The van der Waals surface area contributed by atoms with Gasteiger partial charge in [0.2, 0.25) is 0 Å². The predicted octanol–water partition coefficient (Wildman–Crippen LogP) is 2.93. The first kappa shape index (κ1) is 17.7. The van der Waals surface area contributed by atoms with E-state index in [1.165, 1.54) is 0 Å². The van der Waals surface area contributed by atoms with Gasteiger partial charge in [0.25, 0.3) is 0 Å². The molecule has 0 aliphatic carbocycles. The van der Waals surface area contributed by atoms with Crippen molar-refractivity contribution in [2.75, 3.05) is 26.4 Å². The Morgan fingerprint density at radius 1 is 1.24 bits per heavy atom. The van der Waals surface area contributed by atoms with Crippen molar-refractivity contribution in [2.45, 2.75) is 32.5 Å². The summed E-state index contributed by atoms with van der Waals surface area (Å²) in [5.74, 6) is 0.602. The Balaban J connectivity index is 2.12. The molecule has 0 saturated carbocycles. The Labute approximate surface area is 122 Å². The van der Waals surface area contributed by atoms with Crippen LogP contribution in [0, 0.1) is 0 Å². The van der Waals surface area contributed by atoms with Gasteiger partial charge in [-0.1, -0.05) is 6.92 Å². The van der Waals surface area contributed by atoms with Crippen LogP contribution in [0.15, 0.2) is 18.3 Å². The summed E-state index contributed by atoms with van der Waals surface area (Å²) in [7, 11) is 0. The minimum atomic E-state index is -4.27. The molecule has 0 aliphatic heterocycles. The summed E-state index contributed by atoms with van der Waals surface area (Å²) < 4.78 is 45.3. The van der Waals surface area contributed by atoms with E-state index in [1.807, 2.05) is 6.07 Å². The van der Waals surface area contributed by atoms with Gasteiger partial charge in [0.05, 0.1) is 25.1 Å². The molecule has 7 heteroatoms. The largest absolute Gasteiger partial charge is 0.492 e. The molecule has 0 aliphatic rings. The van der Waals surface area contributed by atoms with Crippen LogP contribution in [-0.4, -0.2) is 37.5 Å². The summed E-state index contributed by atoms with van der Waals surface area (Å²) in [5, 5.41) is 3.24. The number of nitrogens with zero attached hydrogens (tertiary/aromatic N) is 1. The number of nitrogens with one attached hydrogen (secondary N) is 1. The lowest BCUT2D eigenvalue weighted by Crippen LogP contribution is -2.18. The van der Waals surface area contributed by atoms with E-state index in [2.05, 4.69) is 22.0 Å². The second kappa shape index (κ2) is 9.57. The molecule has 1 aromatic heterocycles. The quantitative estimate of drug-likeness (QED) is 0.675. The SMILES string of the molecule is CCCNCc1ccc(OCCCOCC(F)(F)F)cn1. The van der Waals surface area contributed by atoms with Gasteiger partial charge in [-0.25, -0.2) is 0 Å². The maximum absolute atomic E-state index is 11.8. The van der Waals surface area contributed by atoms with Gasteiger partial charge in [-0.15, -0.1) is 0 Å². The third-order valence-corrected chi connectivity index (χ3v) is 2.50. The Hall–Kier alpha value is -1.34. The van der Waals surface area contributed by atoms with Crippen LogP contribution in [0.25, 0.3) is 0 Å². The smallest absolute Gasteiger partial charge is 0.411 e. The van der Waals surface area contributed by atoms with Gasteiger partial charge in [-0.05, 0) is 25.1 Å². The number of pyridine rings is 1. The van der Waals surface area contributed by atoms with Gasteiger partial charge in [0, 0.05) is 13.0 Å². The number of alkyl halides is 3. The van der Waals surface area contributed by atoms with E-state index in [9.17, 15) is 13.2 Å². The third-order valence-electron chi connectivity index (χ3n) is 2.50. The van der Waals surface area contributed by atoms with E-state index in [-0.39, 0.29) is 6.61 Å². The number of aromatic nitrogens is 1. The molecule has 21 heavy (non-hydrogen) atoms. The highest BCUT2D eigenvalue weighted by Gasteiger charge is 2.27. The van der Waals surface area contributed by atoms with Crippen LogP contribution in [-0.2, 0) is 11.3 Å². The van der Waals surface area contributed by atoms with Gasteiger partial charge in [-0.2, -0.15) is 13.2 Å². The summed E-state index contributed by atoms with van der Waals surface area (Å²) in [6, 6.07) is 3.66. The van der Waals surface area contributed by atoms with Crippen LogP contribution in [0.4, 0.5) is 13.2 Å². The minimum Gasteiger partial charge on any atom is -0.492 e. The zero-order valence-corrected chi connectivity index (χ0v) is 12.1. The van der Waals surface area contributed by atoms with E-state index < -0.39 is 12.8 Å². The molecule has 0 aromatic carbocycles. The maximum atomic E-state index is 11.8. The van der Waals surface area contributed by atoms with E-state index in [4.69, 9.17) is 4.74 Å². The average molecular weight is 306 g/mol. The molecule has 0 bridgehead atoms. The van der Waals surface area contributed by atoms with Crippen LogP contribution in [0.5, 0.6) is 5.75 Å². The van der Waals surface area contributed by atoms with Crippen molar-refractivity contribution >= 4 is 0 Å². The Bertz CT molecular complexity index is 383. The first-order valence-electron chi connectivity index (χ1n) is 6.94. The molecule has 1 N–H and O–H groups in total. The molecule has 0 amide bonds. The highest BCUT2D eigenvalue weighted by Crippen LogP contribution is 2.14. The monoisotopic (exact) mass is 306 g/mol. The van der Waals surface area contributed by atoms with Crippen molar-refractivity contribution < 1.29 is 22.6 Å². The van der Waals surface area contributed by atoms with Gasteiger partial charge in [0.15, 0.2) is 0 Å². The van der Waals surface area contributed by atoms with Crippen LogP contribution in [0.2, 0.25) is 0 Å². The number of hydrogen-bond acceptors (Lipinski definition) is 4. The van der Waals surface area contributed by atoms with E-state index in [0.29, 0.717) is 25.3 Å². The second-order valence-corrected chi connectivity index (χ2v) is 4.53. The molecule has 0 unspecified atom stereocenters. The van der Waals surface area contributed by atoms with Crippen molar-refractivity contribution in [2.24, 2.45) is 0 Å². The molecule has 4 nitrogen and oxygen atoms in total. The molecule has 120 valence electrons. The van der Waals surface area contributed by atoms with E-state index >= 15 is 0 Å². The zero-order valence-electron chi connectivity index (χ0n) is 12.1. The number of halogens is 3. The highest BCUT2D eigenvalue weighted by molar-refractivity contribution is 5.19. The fourth-order valence-electron chi connectivity index (χ4n) is 1.53. The Morgan fingerprint density at radius 2 is 2.05 bits per heavy atom. The standard InChI is InChI=1S/C14H21F3N2O2/c1-2-6-18-9-12-4-5-13(10-19-12)21-8-3-7-20-11-14(15,16)17/h4-5,10,18H,2-3,6-9,11H2,1H3. The van der Waals surface area contributed by atoms with Crippen molar-refractivity contribution in [3.05, 3.63) is 24.0 Å². The van der Waals surface area contributed by atoms with Crippen molar-refractivity contribution in [1.82, 2.24) is 10.3 Å². The molecule has 0 atom stereocenters. The fraction of sp³-hybridized carbons (Fsp3) is 0.643. The molecule has 1 heterocycles. The minimum absolute atomic E-state index is 0.0198. The lowest BCUT2D eigenvalue weighted by Gasteiger charge is -2.09. The predicted molar refractivity (Wildman–Crippen MR) is 73.2 cm³/mol. The lowest BCUT2D eigenvalue weighted by atomic mass is 10.3. The second-order valence-electron chi connectivity index (χ2n) is 4.53. The van der Waals surface area contributed by atoms with Crippen LogP contribution >= 0.6 is 0 Å². The molecule has 0 saturated heterocycles. The summed E-state index contributed by atoms with van der Waals surface area (Å²) >= 11 is 0. The Morgan fingerprint density at radius 3 is 2.67 bits per heavy atom. The molecular weight excluding hydrogens is 285 g/mol. The summed E-state index contributed by atoms with van der Waals surface area (Å²) in [6.07, 6.45) is -1.19. The molecule has 0 spiro atoms. The van der Waals surface area contributed by atoms with Gasteiger partial charge < -0.3 is 14.8 Å². The van der Waals surface area contributed by atoms with Gasteiger partial charge in [0.1, 0.15) is 12.4 Å². The number of hydrogen-bond donors (Lipinski definition) is 1. The van der Waals surface area contributed by atoms with Crippen LogP contribution in [0.1, 0.15) is 25.5 Å². The van der Waals surface area contributed by atoms with Crippen molar-refractivity contribution in [3.63, 3.8) is 0 Å². The molecular formula is C14H21F3N2O2. The van der Waals surface area contributed by atoms with Gasteiger partial charge in [-0.3, -0.25) is 4.98 Å².